The number of nitro benzene ring substituents is 1. The summed E-state index contributed by atoms with van der Waals surface area (Å²) in [6.07, 6.45) is -4.78. The topological polar surface area (TPSA) is 78.4 Å². The van der Waals surface area contributed by atoms with Crippen molar-refractivity contribution in [1.29, 1.82) is 0 Å². The molecular formula is C15H9F3N2O4S. The van der Waals surface area contributed by atoms with Gasteiger partial charge in [-0.15, -0.1) is 11.3 Å². The number of hydrogen-bond donors (Lipinski definition) is 0. The molecule has 0 unspecified atom stereocenters. The van der Waals surface area contributed by atoms with Crippen LogP contribution in [0.4, 0.5) is 18.9 Å². The first-order chi connectivity index (χ1) is 11.8. The van der Waals surface area contributed by atoms with Crippen molar-refractivity contribution in [3.63, 3.8) is 0 Å². The van der Waals surface area contributed by atoms with Crippen molar-refractivity contribution < 1.29 is 27.4 Å². The van der Waals surface area contributed by atoms with Crippen LogP contribution in [0.25, 0.3) is 10.6 Å². The number of hydrogen-bond acceptors (Lipinski definition) is 6. The predicted octanol–water partition coefficient (Wildman–Crippen LogP) is 4.91. The number of thiophene rings is 1. The van der Waals surface area contributed by atoms with Gasteiger partial charge in [0.15, 0.2) is 5.76 Å². The van der Waals surface area contributed by atoms with E-state index in [0.29, 0.717) is 17.5 Å². The molecule has 10 heteroatoms. The summed E-state index contributed by atoms with van der Waals surface area (Å²) < 4.78 is 49.5. The summed E-state index contributed by atoms with van der Waals surface area (Å²) in [5, 5.41) is 16.3. The van der Waals surface area contributed by atoms with Crippen LogP contribution in [-0.2, 0) is 12.8 Å². The Balaban J connectivity index is 1.80. The van der Waals surface area contributed by atoms with Gasteiger partial charge in [-0.2, -0.15) is 13.2 Å². The van der Waals surface area contributed by atoms with Gasteiger partial charge in [0, 0.05) is 18.2 Å². The molecule has 3 rings (SSSR count). The van der Waals surface area contributed by atoms with Crippen LogP contribution < -0.4 is 4.74 Å². The fraction of sp³-hybridized carbons (Fsp3) is 0.133. The molecule has 2 heterocycles. The third-order valence-electron chi connectivity index (χ3n) is 3.18. The van der Waals surface area contributed by atoms with Gasteiger partial charge in [-0.1, -0.05) is 11.2 Å². The Morgan fingerprint density at radius 2 is 2.08 bits per heavy atom. The van der Waals surface area contributed by atoms with E-state index in [1.54, 1.807) is 6.07 Å². The molecule has 0 N–H and O–H groups in total. The normalized spacial score (nSPS) is 11.5. The molecule has 0 spiro atoms. The predicted molar refractivity (Wildman–Crippen MR) is 82.2 cm³/mol. The van der Waals surface area contributed by atoms with E-state index in [-0.39, 0.29) is 6.61 Å². The van der Waals surface area contributed by atoms with Crippen molar-refractivity contribution in [3.8, 4) is 16.4 Å². The number of nitro groups is 1. The van der Waals surface area contributed by atoms with Gasteiger partial charge in [0.25, 0.3) is 5.69 Å². The molecule has 0 saturated heterocycles. The standard InChI is InChI=1S/C15H9F3N2O4S/c16-15(17,18)11-7-10(20(21)22)3-4-12(11)23-8-9-6-13(24-19-9)14-2-1-5-25-14/h1-7H,8H2. The SMILES string of the molecule is O=[N+]([O-])c1ccc(OCc2cc(-c3cccs3)on2)c(C(F)(F)F)c1. The maximum atomic E-state index is 13.1. The molecule has 1 aromatic carbocycles. The van der Waals surface area contributed by atoms with E-state index < -0.39 is 28.1 Å². The van der Waals surface area contributed by atoms with Gasteiger partial charge in [0.2, 0.25) is 0 Å². The minimum Gasteiger partial charge on any atom is -0.487 e. The van der Waals surface area contributed by atoms with E-state index in [1.807, 2.05) is 17.5 Å². The smallest absolute Gasteiger partial charge is 0.420 e. The maximum Gasteiger partial charge on any atom is 0.420 e. The molecular weight excluding hydrogens is 361 g/mol. The molecule has 0 bridgehead atoms. The fourth-order valence-electron chi connectivity index (χ4n) is 2.05. The number of rotatable bonds is 5. The number of benzene rings is 1. The van der Waals surface area contributed by atoms with Gasteiger partial charge in [-0.3, -0.25) is 10.1 Å². The van der Waals surface area contributed by atoms with Crippen LogP contribution in [0.2, 0.25) is 0 Å². The molecule has 0 radical (unpaired) electrons. The lowest BCUT2D eigenvalue weighted by Crippen LogP contribution is -2.09. The molecule has 0 fully saturated rings. The number of halogens is 3. The molecule has 0 saturated carbocycles. The first-order valence-corrected chi connectivity index (χ1v) is 7.70. The molecule has 2 aromatic heterocycles. The largest absolute Gasteiger partial charge is 0.487 e. The van der Waals surface area contributed by atoms with E-state index in [9.17, 15) is 23.3 Å². The molecule has 0 aliphatic heterocycles. The van der Waals surface area contributed by atoms with Crippen molar-refractivity contribution in [2.75, 3.05) is 0 Å². The van der Waals surface area contributed by atoms with Gasteiger partial charge in [0.05, 0.1) is 9.80 Å². The number of non-ortho nitro benzene ring substituents is 1. The highest BCUT2D eigenvalue weighted by Crippen LogP contribution is 2.38. The lowest BCUT2D eigenvalue weighted by atomic mass is 10.1. The monoisotopic (exact) mass is 370 g/mol. The van der Waals surface area contributed by atoms with Crippen LogP contribution >= 0.6 is 11.3 Å². The van der Waals surface area contributed by atoms with Crippen molar-refractivity contribution in [1.82, 2.24) is 5.16 Å². The Hall–Kier alpha value is -2.88. The third-order valence-corrected chi connectivity index (χ3v) is 4.06. The van der Waals surface area contributed by atoms with Crippen LogP contribution in [-0.4, -0.2) is 10.1 Å². The lowest BCUT2D eigenvalue weighted by Gasteiger charge is -2.12. The van der Waals surface area contributed by atoms with Gasteiger partial charge in [-0.25, -0.2) is 0 Å². The van der Waals surface area contributed by atoms with E-state index in [0.717, 1.165) is 17.0 Å². The number of nitrogens with zero attached hydrogens (tertiary/aromatic N) is 2. The molecule has 6 nitrogen and oxygen atoms in total. The van der Waals surface area contributed by atoms with Crippen LogP contribution in [0, 0.1) is 10.1 Å². The Bertz CT molecular complexity index is 891. The number of alkyl halides is 3. The maximum absolute atomic E-state index is 13.1. The van der Waals surface area contributed by atoms with Crippen molar-refractivity contribution in [2.45, 2.75) is 12.8 Å². The molecule has 130 valence electrons. The average Bonchev–Trinajstić information content (AvgIpc) is 3.23. The van der Waals surface area contributed by atoms with Gasteiger partial charge < -0.3 is 9.26 Å². The first kappa shape index (κ1) is 17.0. The van der Waals surface area contributed by atoms with E-state index in [4.69, 9.17) is 9.26 Å². The minimum atomic E-state index is -4.78. The molecule has 3 aromatic rings. The van der Waals surface area contributed by atoms with E-state index in [2.05, 4.69) is 5.16 Å². The fourth-order valence-corrected chi connectivity index (χ4v) is 2.72. The molecule has 25 heavy (non-hydrogen) atoms. The Kier molecular flexibility index (Phi) is 4.45. The Morgan fingerprint density at radius 1 is 1.28 bits per heavy atom. The van der Waals surface area contributed by atoms with Crippen LogP contribution in [0.1, 0.15) is 11.3 Å². The lowest BCUT2D eigenvalue weighted by molar-refractivity contribution is -0.385. The molecule has 0 atom stereocenters. The highest BCUT2D eigenvalue weighted by molar-refractivity contribution is 7.13. The van der Waals surface area contributed by atoms with E-state index >= 15 is 0 Å². The van der Waals surface area contributed by atoms with Crippen LogP contribution in [0.15, 0.2) is 46.3 Å². The second-order valence-electron chi connectivity index (χ2n) is 4.88. The highest BCUT2D eigenvalue weighted by Gasteiger charge is 2.36. The second kappa shape index (κ2) is 6.55. The summed E-state index contributed by atoms with van der Waals surface area (Å²) in [6, 6.07) is 7.50. The van der Waals surface area contributed by atoms with Crippen molar-refractivity contribution >= 4 is 17.0 Å². The number of ether oxygens (including phenoxy) is 1. The van der Waals surface area contributed by atoms with Crippen molar-refractivity contribution in [3.05, 3.63) is 63.1 Å². The first-order valence-electron chi connectivity index (χ1n) is 6.82. The van der Waals surface area contributed by atoms with Crippen LogP contribution in [0.5, 0.6) is 5.75 Å². The molecule has 0 aliphatic carbocycles. The summed E-state index contributed by atoms with van der Waals surface area (Å²) in [7, 11) is 0. The van der Waals surface area contributed by atoms with Crippen LogP contribution in [0.3, 0.4) is 0 Å². The zero-order valence-electron chi connectivity index (χ0n) is 12.3. The summed E-state index contributed by atoms with van der Waals surface area (Å²) in [5.74, 6) is -0.0351. The molecule has 0 aliphatic rings. The quantitative estimate of drug-likeness (QED) is 0.471. The minimum absolute atomic E-state index is 0.268. The average molecular weight is 370 g/mol. The summed E-state index contributed by atoms with van der Waals surface area (Å²) >= 11 is 1.43. The van der Waals surface area contributed by atoms with Crippen molar-refractivity contribution in [2.24, 2.45) is 0 Å². The Morgan fingerprint density at radius 3 is 2.72 bits per heavy atom. The summed E-state index contributed by atoms with van der Waals surface area (Å²) in [6.45, 7) is -0.268. The summed E-state index contributed by atoms with van der Waals surface area (Å²) in [4.78, 5) is 10.6. The van der Waals surface area contributed by atoms with Gasteiger partial charge >= 0.3 is 6.18 Å². The van der Waals surface area contributed by atoms with Gasteiger partial charge in [-0.05, 0) is 17.5 Å². The zero-order valence-corrected chi connectivity index (χ0v) is 13.1. The highest BCUT2D eigenvalue weighted by atomic mass is 32.1. The Labute approximate surface area is 142 Å². The van der Waals surface area contributed by atoms with Gasteiger partial charge in [0.1, 0.15) is 23.6 Å². The summed E-state index contributed by atoms with van der Waals surface area (Å²) in [5.41, 5.74) is -1.58. The molecule has 0 amide bonds. The zero-order chi connectivity index (χ0) is 18.0. The van der Waals surface area contributed by atoms with E-state index in [1.165, 1.54) is 11.3 Å². The number of aromatic nitrogens is 1. The third kappa shape index (κ3) is 3.79. The second-order valence-corrected chi connectivity index (χ2v) is 5.83.